The summed E-state index contributed by atoms with van der Waals surface area (Å²) in [5.41, 5.74) is 0. The molecule has 0 aromatic rings. The van der Waals surface area contributed by atoms with Gasteiger partial charge in [0.15, 0.2) is 6.10 Å². The van der Waals surface area contributed by atoms with E-state index in [0.29, 0.717) is 17.4 Å². The molecule has 0 aliphatic carbocycles. The highest BCUT2D eigenvalue weighted by atomic mass is 31.2. The van der Waals surface area contributed by atoms with E-state index >= 15 is 0 Å². The van der Waals surface area contributed by atoms with Crippen LogP contribution in [0.5, 0.6) is 0 Å². The first-order valence-corrected chi connectivity index (χ1v) is 27.7. The van der Waals surface area contributed by atoms with Crippen LogP contribution in [0.25, 0.3) is 0 Å². The summed E-state index contributed by atoms with van der Waals surface area (Å²) in [4.78, 5) is 37.6. The van der Waals surface area contributed by atoms with Gasteiger partial charge in [0.1, 0.15) is 19.8 Å². The molecule has 370 valence electrons. The number of allylic oxidation sites excluding steroid dienone is 6. The molecular formula is C53H100NO8P. The largest absolute Gasteiger partial charge is 0.756 e. The molecule has 10 heteroatoms. The van der Waals surface area contributed by atoms with E-state index < -0.39 is 26.5 Å². The number of quaternary nitrogens is 1. The van der Waals surface area contributed by atoms with E-state index in [2.05, 4.69) is 50.3 Å². The van der Waals surface area contributed by atoms with Crippen LogP contribution in [0, 0.1) is 0 Å². The van der Waals surface area contributed by atoms with E-state index in [4.69, 9.17) is 18.5 Å². The number of esters is 2. The van der Waals surface area contributed by atoms with Crippen LogP contribution < -0.4 is 4.89 Å². The SMILES string of the molecule is CC/C=C\C/C=C\C/C=C\CCCCCC(=O)OC(COC(=O)CCCCCCCCCCCCCCCCCCCCCCCCCCCC)COP(=O)([O-])OCC[N+](C)(C)C. The van der Waals surface area contributed by atoms with Gasteiger partial charge in [-0.2, -0.15) is 0 Å². The minimum absolute atomic E-state index is 0.0358. The number of carbonyl (C=O) groups is 2. The lowest BCUT2D eigenvalue weighted by molar-refractivity contribution is -0.870. The van der Waals surface area contributed by atoms with Gasteiger partial charge in [0.25, 0.3) is 7.82 Å². The highest BCUT2D eigenvalue weighted by Crippen LogP contribution is 2.38. The zero-order valence-corrected chi connectivity index (χ0v) is 42.7. The average Bonchev–Trinajstić information content (AvgIpc) is 3.24. The second-order valence-electron chi connectivity index (χ2n) is 18.9. The van der Waals surface area contributed by atoms with Crippen molar-refractivity contribution in [2.24, 2.45) is 0 Å². The number of hydrogen-bond acceptors (Lipinski definition) is 8. The van der Waals surface area contributed by atoms with Crippen LogP contribution >= 0.6 is 7.82 Å². The number of ether oxygens (including phenoxy) is 2. The number of rotatable bonds is 48. The first-order valence-electron chi connectivity index (χ1n) is 26.2. The summed E-state index contributed by atoms with van der Waals surface area (Å²) in [5.74, 6) is -0.860. The highest BCUT2D eigenvalue weighted by molar-refractivity contribution is 7.45. The molecule has 0 rings (SSSR count). The number of hydrogen-bond donors (Lipinski definition) is 0. The molecule has 2 atom stereocenters. The van der Waals surface area contributed by atoms with Gasteiger partial charge in [0.05, 0.1) is 27.7 Å². The number of carbonyl (C=O) groups excluding carboxylic acids is 2. The maximum atomic E-state index is 12.7. The molecular weight excluding hydrogens is 810 g/mol. The van der Waals surface area contributed by atoms with Gasteiger partial charge in [0, 0.05) is 12.8 Å². The molecule has 63 heavy (non-hydrogen) atoms. The fraction of sp³-hybridized carbons (Fsp3) is 0.849. The van der Waals surface area contributed by atoms with Crippen LogP contribution in [-0.2, 0) is 32.7 Å². The van der Waals surface area contributed by atoms with Crippen molar-refractivity contribution in [3.63, 3.8) is 0 Å². The van der Waals surface area contributed by atoms with Gasteiger partial charge in [-0.1, -0.05) is 217 Å². The summed E-state index contributed by atoms with van der Waals surface area (Å²) < 4.78 is 34.0. The zero-order valence-electron chi connectivity index (χ0n) is 41.8. The Kier molecular flexibility index (Phi) is 44.1. The molecule has 0 radical (unpaired) electrons. The van der Waals surface area contributed by atoms with E-state index in [9.17, 15) is 19.0 Å². The molecule has 0 fully saturated rings. The van der Waals surface area contributed by atoms with E-state index in [0.717, 1.165) is 57.8 Å². The molecule has 2 unspecified atom stereocenters. The van der Waals surface area contributed by atoms with Crippen molar-refractivity contribution in [2.45, 2.75) is 245 Å². The third kappa shape index (κ3) is 49.5. The summed E-state index contributed by atoms with van der Waals surface area (Å²) in [6.45, 7) is 4.11. The van der Waals surface area contributed by atoms with Crippen LogP contribution in [-0.4, -0.2) is 70.0 Å². The third-order valence-electron chi connectivity index (χ3n) is 11.4. The molecule has 0 aliphatic rings. The molecule has 0 heterocycles. The number of phosphoric acid groups is 1. The predicted molar refractivity (Wildman–Crippen MR) is 264 cm³/mol. The fourth-order valence-corrected chi connectivity index (χ4v) is 8.11. The molecule has 9 nitrogen and oxygen atoms in total. The Balaban J connectivity index is 4.10. The maximum Gasteiger partial charge on any atom is 0.306 e. The lowest BCUT2D eigenvalue weighted by Gasteiger charge is -2.28. The number of likely N-dealkylation sites (N-methyl/N-ethyl adjacent to an activating group) is 1. The van der Waals surface area contributed by atoms with Crippen molar-refractivity contribution in [3.8, 4) is 0 Å². The van der Waals surface area contributed by atoms with Crippen LogP contribution in [0.2, 0.25) is 0 Å². The summed E-state index contributed by atoms with van der Waals surface area (Å²) in [7, 11) is 1.15. The Hall–Kier alpha value is -1.77. The van der Waals surface area contributed by atoms with E-state index in [-0.39, 0.29) is 32.0 Å². The second-order valence-corrected chi connectivity index (χ2v) is 20.3. The van der Waals surface area contributed by atoms with Gasteiger partial charge in [-0.3, -0.25) is 14.2 Å². The lowest BCUT2D eigenvalue weighted by Crippen LogP contribution is -2.37. The van der Waals surface area contributed by atoms with Gasteiger partial charge in [-0.15, -0.1) is 0 Å². The lowest BCUT2D eigenvalue weighted by atomic mass is 10.0. The van der Waals surface area contributed by atoms with Gasteiger partial charge >= 0.3 is 11.9 Å². The molecule has 0 spiro atoms. The quantitative estimate of drug-likeness (QED) is 0.0195. The molecule has 0 aromatic carbocycles. The predicted octanol–water partition coefficient (Wildman–Crippen LogP) is 15.0. The van der Waals surface area contributed by atoms with Crippen LogP contribution in [0.15, 0.2) is 36.5 Å². The summed E-state index contributed by atoms with van der Waals surface area (Å²) in [6, 6.07) is 0. The molecule has 0 saturated carbocycles. The third-order valence-corrected chi connectivity index (χ3v) is 12.4. The topological polar surface area (TPSA) is 111 Å². The van der Waals surface area contributed by atoms with E-state index in [1.54, 1.807) is 0 Å². The van der Waals surface area contributed by atoms with Crippen molar-refractivity contribution in [2.75, 3.05) is 47.5 Å². The molecule has 0 aromatic heterocycles. The van der Waals surface area contributed by atoms with Crippen LogP contribution in [0.1, 0.15) is 239 Å². The summed E-state index contributed by atoms with van der Waals surface area (Å²) >= 11 is 0. The van der Waals surface area contributed by atoms with Crippen molar-refractivity contribution in [1.29, 1.82) is 0 Å². The van der Waals surface area contributed by atoms with E-state index in [1.807, 2.05) is 21.1 Å². The van der Waals surface area contributed by atoms with Gasteiger partial charge in [-0.25, -0.2) is 0 Å². The summed E-state index contributed by atoms with van der Waals surface area (Å²) in [6.07, 6.45) is 53.5. The minimum atomic E-state index is -4.63. The Bertz CT molecular complexity index is 1170. The minimum Gasteiger partial charge on any atom is -0.756 e. The van der Waals surface area contributed by atoms with Gasteiger partial charge in [0.2, 0.25) is 0 Å². The molecule has 0 saturated heterocycles. The number of unbranched alkanes of at least 4 members (excludes halogenated alkanes) is 28. The fourth-order valence-electron chi connectivity index (χ4n) is 7.38. The average molecular weight is 910 g/mol. The zero-order chi connectivity index (χ0) is 46.4. The Labute approximate surface area is 389 Å². The van der Waals surface area contributed by atoms with Crippen molar-refractivity contribution in [3.05, 3.63) is 36.5 Å². The Morgan fingerprint density at radius 2 is 0.905 bits per heavy atom. The molecule has 0 aliphatic heterocycles. The smallest absolute Gasteiger partial charge is 0.306 e. The maximum absolute atomic E-state index is 12.7. The first-order chi connectivity index (χ1) is 30.5. The van der Waals surface area contributed by atoms with Gasteiger partial charge < -0.3 is 27.9 Å². The highest BCUT2D eigenvalue weighted by Gasteiger charge is 2.21. The summed E-state index contributed by atoms with van der Waals surface area (Å²) in [5, 5.41) is 0. The molecule has 0 bridgehead atoms. The first kappa shape index (κ1) is 61.2. The standard InChI is InChI=1S/C53H100NO8P/c1-6-8-10-12-14-16-18-20-21-22-23-24-25-26-27-28-29-30-31-32-34-35-37-39-41-43-45-52(55)59-49-51(50-61-63(57,58)60-48-47-54(3,4)5)62-53(56)46-44-42-40-38-36-33-19-17-15-13-11-9-7-2/h9,11,15,17,33,36,51H,6-8,10,12-14,16,18-32,34-35,37-50H2,1-5H3/b11-9-,17-15-,36-33-. The molecule has 0 N–H and O–H groups in total. The van der Waals surface area contributed by atoms with Crippen molar-refractivity contribution < 1.29 is 42.1 Å². The Morgan fingerprint density at radius 3 is 1.35 bits per heavy atom. The van der Waals surface area contributed by atoms with Gasteiger partial charge in [-0.05, 0) is 44.9 Å². The van der Waals surface area contributed by atoms with Crippen molar-refractivity contribution >= 4 is 19.8 Å². The van der Waals surface area contributed by atoms with E-state index in [1.165, 1.54) is 148 Å². The van der Waals surface area contributed by atoms with Crippen LogP contribution in [0.4, 0.5) is 0 Å². The molecule has 0 amide bonds. The van der Waals surface area contributed by atoms with Crippen molar-refractivity contribution in [1.82, 2.24) is 0 Å². The second kappa shape index (κ2) is 45.4. The normalized spacial score (nSPS) is 13.7. The monoisotopic (exact) mass is 910 g/mol. The van der Waals surface area contributed by atoms with Crippen LogP contribution in [0.3, 0.4) is 0 Å². The Morgan fingerprint density at radius 1 is 0.508 bits per heavy atom. The number of phosphoric ester groups is 1. The number of nitrogens with zero attached hydrogens (tertiary/aromatic N) is 1.